The topological polar surface area (TPSA) is 64.9 Å². The molecule has 2 rings (SSSR count). The molecule has 1 aromatic heterocycles. The highest BCUT2D eigenvalue weighted by molar-refractivity contribution is 5.19. The average molecular weight is 235 g/mol. The average Bonchev–Trinajstić information content (AvgIpc) is 2.80. The van der Waals surface area contributed by atoms with Crippen molar-refractivity contribution in [3.63, 3.8) is 0 Å². The third kappa shape index (κ3) is 2.88. The van der Waals surface area contributed by atoms with Crippen LogP contribution < -0.4 is 5.73 Å². The van der Waals surface area contributed by atoms with Crippen molar-refractivity contribution in [2.75, 3.05) is 6.54 Å². The van der Waals surface area contributed by atoms with E-state index < -0.39 is 0 Å². The fourth-order valence-electron chi connectivity index (χ4n) is 1.43. The van der Waals surface area contributed by atoms with Gasteiger partial charge in [-0.2, -0.15) is 4.98 Å². The van der Waals surface area contributed by atoms with E-state index >= 15 is 0 Å². The molecule has 0 saturated carbocycles. The summed E-state index contributed by atoms with van der Waals surface area (Å²) in [6.45, 7) is 2.40. The zero-order valence-corrected chi connectivity index (χ0v) is 9.56. The van der Waals surface area contributed by atoms with Crippen LogP contribution in [0.1, 0.15) is 30.1 Å². The van der Waals surface area contributed by atoms with Crippen LogP contribution >= 0.6 is 0 Å². The minimum absolute atomic E-state index is 0.0597. The molecule has 17 heavy (non-hydrogen) atoms. The lowest BCUT2D eigenvalue weighted by molar-refractivity contribution is 0.357. The SMILES string of the molecule is CC(CN)c1nc(Cc2ccc(F)cc2)no1. The molecule has 2 N–H and O–H groups in total. The van der Waals surface area contributed by atoms with Crippen LogP contribution in [0.25, 0.3) is 0 Å². The lowest BCUT2D eigenvalue weighted by Crippen LogP contribution is -2.09. The Kier molecular flexibility index (Phi) is 3.49. The molecule has 0 fully saturated rings. The zero-order chi connectivity index (χ0) is 12.3. The minimum atomic E-state index is -0.251. The van der Waals surface area contributed by atoms with Crippen molar-refractivity contribution in [3.05, 3.63) is 47.4 Å². The Morgan fingerprint density at radius 3 is 2.71 bits per heavy atom. The summed E-state index contributed by atoms with van der Waals surface area (Å²) in [7, 11) is 0. The molecule has 1 unspecified atom stereocenters. The van der Waals surface area contributed by atoms with Gasteiger partial charge in [-0.1, -0.05) is 24.2 Å². The van der Waals surface area contributed by atoms with Gasteiger partial charge >= 0.3 is 0 Å². The Morgan fingerprint density at radius 2 is 2.06 bits per heavy atom. The number of rotatable bonds is 4. The molecule has 0 saturated heterocycles. The van der Waals surface area contributed by atoms with E-state index in [9.17, 15) is 4.39 Å². The molecule has 4 nitrogen and oxygen atoms in total. The predicted molar refractivity (Wildman–Crippen MR) is 61.0 cm³/mol. The molecule has 0 aliphatic rings. The van der Waals surface area contributed by atoms with Gasteiger partial charge in [0.2, 0.25) is 5.89 Å². The first-order valence-corrected chi connectivity index (χ1v) is 5.46. The van der Waals surface area contributed by atoms with Gasteiger partial charge in [0.05, 0.1) is 0 Å². The highest BCUT2D eigenvalue weighted by Gasteiger charge is 2.12. The van der Waals surface area contributed by atoms with E-state index in [0.29, 0.717) is 24.7 Å². The molecule has 5 heteroatoms. The van der Waals surface area contributed by atoms with Gasteiger partial charge in [0.15, 0.2) is 5.82 Å². The molecule has 0 aliphatic carbocycles. The van der Waals surface area contributed by atoms with Crippen LogP contribution in [0.3, 0.4) is 0 Å². The van der Waals surface area contributed by atoms with Crippen molar-refractivity contribution in [2.24, 2.45) is 5.73 Å². The van der Waals surface area contributed by atoms with Crippen LogP contribution in [0.15, 0.2) is 28.8 Å². The first-order valence-electron chi connectivity index (χ1n) is 5.46. The number of hydrogen-bond donors (Lipinski definition) is 1. The molecule has 0 aliphatic heterocycles. The summed E-state index contributed by atoms with van der Waals surface area (Å²) in [4.78, 5) is 4.25. The molecule has 0 radical (unpaired) electrons. The summed E-state index contributed by atoms with van der Waals surface area (Å²) < 4.78 is 17.8. The lowest BCUT2D eigenvalue weighted by Gasteiger charge is -1.99. The second-order valence-electron chi connectivity index (χ2n) is 3.99. The Bertz CT molecular complexity index is 481. The molecule has 90 valence electrons. The number of nitrogens with two attached hydrogens (primary N) is 1. The highest BCUT2D eigenvalue weighted by Crippen LogP contribution is 2.13. The number of nitrogens with zero attached hydrogens (tertiary/aromatic N) is 2. The van der Waals surface area contributed by atoms with Crippen LogP contribution in [0.4, 0.5) is 4.39 Å². The lowest BCUT2D eigenvalue weighted by atomic mass is 10.1. The van der Waals surface area contributed by atoms with E-state index in [1.54, 1.807) is 12.1 Å². The molecule has 1 heterocycles. The van der Waals surface area contributed by atoms with Gasteiger partial charge < -0.3 is 10.3 Å². The first-order chi connectivity index (χ1) is 8.19. The molecular formula is C12H14FN3O. The Hall–Kier alpha value is -1.75. The summed E-state index contributed by atoms with van der Waals surface area (Å²) in [5.74, 6) is 0.945. The van der Waals surface area contributed by atoms with Crippen molar-refractivity contribution in [3.8, 4) is 0 Å². The zero-order valence-electron chi connectivity index (χ0n) is 9.56. The fraction of sp³-hybridized carbons (Fsp3) is 0.333. The smallest absolute Gasteiger partial charge is 0.230 e. The maximum atomic E-state index is 12.7. The van der Waals surface area contributed by atoms with Gasteiger partial charge in [-0.3, -0.25) is 0 Å². The summed E-state index contributed by atoms with van der Waals surface area (Å²) in [6, 6.07) is 6.24. The number of benzene rings is 1. The molecule has 0 spiro atoms. The third-order valence-electron chi connectivity index (χ3n) is 2.53. The molecular weight excluding hydrogens is 221 g/mol. The molecule has 0 bridgehead atoms. The second kappa shape index (κ2) is 5.05. The number of halogens is 1. The van der Waals surface area contributed by atoms with Crippen molar-refractivity contribution >= 4 is 0 Å². The van der Waals surface area contributed by atoms with E-state index in [1.807, 2.05) is 6.92 Å². The summed E-state index contributed by atoms with van der Waals surface area (Å²) >= 11 is 0. The Morgan fingerprint density at radius 1 is 1.35 bits per heavy atom. The molecule has 1 aromatic carbocycles. The van der Waals surface area contributed by atoms with Gasteiger partial charge in [0, 0.05) is 18.9 Å². The van der Waals surface area contributed by atoms with E-state index in [0.717, 1.165) is 5.56 Å². The quantitative estimate of drug-likeness (QED) is 0.878. The number of hydrogen-bond acceptors (Lipinski definition) is 4. The van der Waals surface area contributed by atoms with Gasteiger partial charge in [0.1, 0.15) is 5.82 Å². The van der Waals surface area contributed by atoms with Gasteiger partial charge in [-0.05, 0) is 17.7 Å². The fourth-order valence-corrected chi connectivity index (χ4v) is 1.43. The van der Waals surface area contributed by atoms with Gasteiger partial charge in [-0.25, -0.2) is 4.39 Å². The predicted octanol–water partition coefficient (Wildman–Crippen LogP) is 1.86. The van der Waals surface area contributed by atoms with Crippen LogP contribution in [-0.4, -0.2) is 16.7 Å². The van der Waals surface area contributed by atoms with E-state index in [-0.39, 0.29) is 11.7 Å². The highest BCUT2D eigenvalue weighted by atomic mass is 19.1. The van der Waals surface area contributed by atoms with Crippen LogP contribution in [-0.2, 0) is 6.42 Å². The normalized spacial score (nSPS) is 12.6. The van der Waals surface area contributed by atoms with Gasteiger partial charge in [-0.15, -0.1) is 0 Å². The van der Waals surface area contributed by atoms with E-state index in [2.05, 4.69) is 10.1 Å². The number of aromatic nitrogens is 2. The van der Waals surface area contributed by atoms with Crippen LogP contribution in [0, 0.1) is 5.82 Å². The molecule has 0 amide bonds. The van der Waals surface area contributed by atoms with E-state index in [1.165, 1.54) is 12.1 Å². The maximum Gasteiger partial charge on any atom is 0.230 e. The minimum Gasteiger partial charge on any atom is -0.339 e. The van der Waals surface area contributed by atoms with E-state index in [4.69, 9.17) is 10.3 Å². The third-order valence-corrected chi connectivity index (χ3v) is 2.53. The first kappa shape index (κ1) is 11.7. The summed E-state index contributed by atoms with van der Waals surface area (Å²) in [6.07, 6.45) is 0.529. The van der Waals surface area contributed by atoms with Crippen LogP contribution in [0.5, 0.6) is 0 Å². The van der Waals surface area contributed by atoms with Crippen molar-refractivity contribution in [1.29, 1.82) is 0 Å². The van der Waals surface area contributed by atoms with Crippen molar-refractivity contribution in [1.82, 2.24) is 10.1 Å². The maximum absolute atomic E-state index is 12.7. The van der Waals surface area contributed by atoms with Crippen molar-refractivity contribution in [2.45, 2.75) is 19.3 Å². The summed E-state index contributed by atoms with van der Waals surface area (Å²) in [5.41, 5.74) is 6.46. The Labute approximate surface area is 98.6 Å². The summed E-state index contributed by atoms with van der Waals surface area (Å²) in [5, 5.41) is 3.87. The molecule has 1 atom stereocenters. The monoisotopic (exact) mass is 235 g/mol. The van der Waals surface area contributed by atoms with Crippen LogP contribution in [0.2, 0.25) is 0 Å². The standard InChI is InChI=1S/C12H14FN3O/c1-8(7-14)12-15-11(16-17-12)6-9-2-4-10(13)5-3-9/h2-5,8H,6-7,14H2,1H3. The van der Waals surface area contributed by atoms with Crippen molar-refractivity contribution < 1.29 is 8.91 Å². The molecule has 2 aromatic rings. The van der Waals surface area contributed by atoms with Gasteiger partial charge in [0.25, 0.3) is 0 Å². The second-order valence-corrected chi connectivity index (χ2v) is 3.99. The largest absolute Gasteiger partial charge is 0.339 e. The Balaban J connectivity index is 2.08.